The highest BCUT2D eigenvalue weighted by Gasteiger charge is 2.35. The van der Waals surface area contributed by atoms with Crippen molar-refractivity contribution in [1.29, 1.82) is 0 Å². The van der Waals surface area contributed by atoms with Crippen LogP contribution in [-0.4, -0.2) is 5.78 Å². The first-order valence-corrected chi connectivity index (χ1v) is 6.34. The lowest BCUT2D eigenvalue weighted by molar-refractivity contribution is -0.112. The van der Waals surface area contributed by atoms with E-state index in [0.29, 0.717) is 5.92 Å². The van der Waals surface area contributed by atoms with E-state index in [1.807, 2.05) is 13.0 Å². The predicted molar refractivity (Wildman–Crippen MR) is 69.3 cm³/mol. The van der Waals surface area contributed by atoms with Crippen molar-refractivity contribution < 1.29 is 4.79 Å². The molecule has 0 aromatic heterocycles. The van der Waals surface area contributed by atoms with E-state index in [1.54, 1.807) is 6.08 Å². The van der Waals surface area contributed by atoms with E-state index < -0.39 is 0 Å². The highest BCUT2D eigenvalue weighted by Crippen LogP contribution is 2.44. The average Bonchev–Trinajstić information content (AvgIpc) is 2.21. The van der Waals surface area contributed by atoms with Gasteiger partial charge in [-0.2, -0.15) is 0 Å². The number of hydrogen-bond donors (Lipinski definition) is 0. The Morgan fingerprint density at radius 2 is 2.12 bits per heavy atom. The largest absolute Gasteiger partial charge is 0.290 e. The van der Waals surface area contributed by atoms with Crippen molar-refractivity contribution in [1.82, 2.24) is 0 Å². The van der Waals surface area contributed by atoms with Gasteiger partial charge in [-0.1, -0.05) is 39.3 Å². The third kappa shape index (κ3) is 2.45. The van der Waals surface area contributed by atoms with Crippen molar-refractivity contribution in [3.05, 3.63) is 23.3 Å². The summed E-state index contributed by atoms with van der Waals surface area (Å²) in [7, 11) is 0. The number of ketones is 1. The standard InChI is InChI=1S/C15H24O/c1-6-8-13(16)14-12(7-2)11(3)9-10-15(14,4)5/h6,8,11H,7,9-10H2,1-5H3. The van der Waals surface area contributed by atoms with Gasteiger partial charge in [-0.25, -0.2) is 0 Å². The van der Waals surface area contributed by atoms with Crippen LogP contribution >= 0.6 is 0 Å². The topological polar surface area (TPSA) is 17.1 Å². The molecule has 1 nitrogen and oxygen atoms in total. The fraction of sp³-hybridized carbons (Fsp3) is 0.667. The van der Waals surface area contributed by atoms with Gasteiger partial charge in [-0.05, 0) is 43.6 Å². The Morgan fingerprint density at radius 3 is 2.62 bits per heavy atom. The summed E-state index contributed by atoms with van der Waals surface area (Å²) in [5.41, 5.74) is 2.50. The summed E-state index contributed by atoms with van der Waals surface area (Å²) >= 11 is 0. The van der Waals surface area contributed by atoms with Crippen molar-refractivity contribution in [2.45, 2.75) is 53.9 Å². The van der Waals surface area contributed by atoms with E-state index >= 15 is 0 Å². The average molecular weight is 220 g/mol. The molecule has 0 fully saturated rings. The number of carbonyl (C=O) groups is 1. The molecule has 0 heterocycles. The van der Waals surface area contributed by atoms with Gasteiger partial charge in [0.15, 0.2) is 5.78 Å². The van der Waals surface area contributed by atoms with Crippen LogP contribution in [0.1, 0.15) is 53.9 Å². The SMILES string of the molecule is CC=CC(=O)C1=C(CC)C(C)CCC1(C)C. The molecule has 1 heteroatoms. The third-order valence-electron chi connectivity index (χ3n) is 3.74. The molecule has 1 unspecified atom stereocenters. The van der Waals surface area contributed by atoms with Crippen LogP contribution in [0.2, 0.25) is 0 Å². The fourth-order valence-corrected chi connectivity index (χ4v) is 2.81. The van der Waals surface area contributed by atoms with Crippen molar-refractivity contribution >= 4 is 5.78 Å². The molecular formula is C15H24O. The Morgan fingerprint density at radius 1 is 1.50 bits per heavy atom. The zero-order valence-electron chi connectivity index (χ0n) is 11.3. The smallest absolute Gasteiger partial charge is 0.181 e. The molecule has 1 aliphatic carbocycles. The molecule has 1 aliphatic rings. The van der Waals surface area contributed by atoms with Crippen LogP contribution in [0.25, 0.3) is 0 Å². The maximum absolute atomic E-state index is 12.2. The van der Waals surface area contributed by atoms with Crippen LogP contribution in [0.4, 0.5) is 0 Å². The van der Waals surface area contributed by atoms with Gasteiger partial charge < -0.3 is 0 Å². The molecule has 1 rings (SSSR count). The molecule has 0 aliphatic heterocycles. The maximum atomic E-state index is 12.2. The summed E-state index contributed by atoms with van der Waals surface area (Å²) in [4.78, 5) is 12.2. The Hall–Kier alpha value is -0.850. The minimum atomic E-state index is 0.0500. The van der Waals surface area contributed by atoms with Crippen LogP contribution < -0.4 is 0 Å². The second-order valence-corrected chi connectivity index (χ2v) is 5.44. The zero-order valence-corrected chi connectivity index (χ0v) is 11.3. The molecule has 0 amide bonds. The van der Waals surface area contributed by atoms with Crippen LogP contribution in [-0.2, 0) is 4.79 Å². The molecule has 0 spiro atoms. The number of carbonyl (C=O) groups excluding carboxylic acids is 1. The minimum Gasteiger partial charge on any atom is -0.290 e. The predicted octanol–water partition coefficient (Wildman–Crippen LogP) is 4.29. The van der Waals surface area contributed by atoms with Gasteiger partial charge in [0.05, 0.1) is 0 Å². The zero-order chi connectivity index (χ0) is 12.3. The minimum absolute atomic E-state index is 0.0500. The third-order valence-corrected chi connectivity index (χ3v) is 3.74. The Balaban J connectivity index is 3.25. The normalized spacial score (nSPS) is 25.2. The van der Waals surface area contributed by atoms with Gasteiger partial charge in [0.25, 0.3) is 0 Å². The molecule has 0 saturated heterocycles. The molecule has 1 atom stereocenters. The molecule has 0 N–H and O–H groups in total. The van der Waals surface area contributed by atoms with E-state index in [9.17, 15) is 4.79 Å². The molecule has 16 heavy (non-hydrogen) atoms. The van der Waals surface area contributed by atoms with E-state index in [-0.39, 0.29) is 11.2 Å². The van der Waals surface area contributed by atoms with Gasteiger partial charge in [-0.15, -0.1) is 0 Å². The first kappa shape index (κ1) is 13.2. The first-order chi connectivity index (χ1) is 7.44. The van der Waals surface area contributed by atoms with Crippen LogP contribution in [0.15, 0.2) is 23.3 Å². The number of allylic oxidation sites excluding steroid dienone is 4. The summed E-state index contributed by atoms with van der Waals surface area (Å²) in [5, 5.41) is 0. The highest BCUT2D eigenvalue weighted by atomic mass is 16.1. The Bertz CT molecular complexity index is 331. The summed E-state index contributed by atoms with van der Waals surface area (Å²) < 4.78 is 0. The van der Waals surface area contributed by atoms with Gasteiger partial charge >= 0.3 is 0 Å². The molecule has 0 aromatic rings. The Kier molecular flexibility index (Phi) is 4.12. The van der Waals surface area contributed by atoms with Crippen molar-refractivity contribution in [3.8, 4) is 0 Å². The molecule has 0 bridgehead atoms. The monoisotopic (exact) mass is 220 g/mol. The lowest BCUT2D eigenvalue weighted by Gasteiger charge is -2.37. The van der Waals surface area contributed by atoms with E-state index in [2.05, 4.69) is 27.7 Å². The van der Waals surface area contributed by atoms with E-state index in [0.717, 1.165) is 18.4 Å². The lowest BCUT2D eigenvalue weighted by atomic mass is 9.67. The van der Waals surface area contributed by atoms with E-state index in [1.165, 1.54) is 12.0 Å². The van der Waals surface area contributed by atoms with Gasteiger partial charge in [0, 0.05) is 5.57 Å². The second-order valence-electron chi connectivity index (χ2n) is 5.44. The summed E-state index contributed by atoms with van der Waals surface area (Å²) in [6.07, 6.45) is 6.89. The molecule has 0 aromatic carbocycles. The van der Waals surface area contributed by atoms with Gasteiger partial charge in [0.2, 0.25) is 0 Å². The number of hydrogen-bond acceptors (Lipinski definition) is 1. The fourth-order valence-electron chi connectivity index (χ4n) is 2.81. The van der Waals surface area contributed by atoms with Gasteiger partial charge in [0.1, 0.15) is 0 Å². The Labute approximate surface area is 99.6 Å². The molecular weight excluding hydrogens is 196 g/mol. The van der Waals surface area contributed by atoms with Crippen LogP contribution in [0, 0.1) is 11.3 Å². The quantitative estimate of drug-likeness (QED) is 0.648. The van der Waals surface area contributed by atoms with Crippen molar-refractivity contribution in [2.24, 2.45) is 11.3 Å². The first-order valence-electron chi connectivity index (χ1n) is 6.34. The summed E-state index contributed by atoms with van der Waals surface area (Å²) in [6.45, 7) is 10.7. The number of rotatable bonds is 3. The van der Waals surface area contributed by atoms with E-state index in [4.69, 9.17) is 0 Å². The van der Waals surface area contributed by atoms with Crippen molar-refractivity contribution in [3.63, 3.8) is 0 Å². The summed E-state index contributed by atoms with van der Waals surface area (Å²) in [6, 6.07) is 0. The van der Waals surface area contributed by atoms with Gasteiger partial charge in [-0.3, -0.25) is 4.79 Å². The lowest BCUT2D eigenvalue weighted by Crippen LogP contribution is -2.29. The second kappa shape index (κ2) is 4.99. The molecule has 90 valence electrons. The highest BCUT2D eigenvalue weighted by molar-refractivity contribution is 6.05. The van der Waals surface area contributed by atoms with Crippen LogP contribution in [0.5, 0.6) is 0 Å². The van der Waals surface area contributed by atoms with Crippen LogP contribution in [0.3, 0.4) is 0 Å². The summed E-state index contributed by atoms with van der Waals surface area (Å²) in [5.74, 6) is 0.790. The maximum Gasteiger partial charge on any atom is 0.181 e. The molecule has 0 radical (unpaired) electrons. The van der Waals surface area contributed by atoms with Crippen molar-refractivity contribution in [2.75, 3.05) is 0 Å². The molecule has 0 saturated carbocycles.